The number of aromatic amines is 2. The number of piperidine rings is 2. The second kappa shape index (κ2) is 14.4. The number of carbonyl (C=O) groups excluding carboxylic acids is 4. The lowest BCUT2D eigenvalue weighted by Crippen LogP contribution is -2.47. The summed E-state index contributed by atoms with van der Waals surface area (Å²) >= 11 is 0. The lowest BCUT2D eigenvalue weighted by molar-refractivity contribution is -0.138. The first-order valence-corrected chi connectivity index (χ1v) is 21.0. The molecule has 14 heteroatoms. The number of alkyl carbamates (subject to hydrolysis) is 2. The number of H-pyrrole nitrogens is 2. The van der Waals surface area contributed by atoms with E-state index >= 15 is 0 Å². The Kier molecular flexibility index (Phi) is 8.72. The van der Waals surface area contributed by atoms with Gasteiger partial charge in [0, 0.05) is 22.9 Å². The summed E-state index contributed by atoms with van der Waals surface area (Å²) in [7, 11) is 2.58. The number of nitrogens with one attached hydrogen (secondary N) is 4. The van der Waals surface area contributed by atoms with Gasteiger partial charge in [-0.2, -0.15) is 0 Å². The molecular formula is C47H44N8O6. The Balaban J connectivity index is 0.874. The molecule has 2 bridgehead atoms. The van der Waals surface area contributed by atoms with Gasteiger partial charge < -0.3 is 39.9 Å². The van der Waals surface area contributed by atoms with Crippen LogP contribution in [0.15, 0.2) is 91.0 Å². The van der Waals surface area contributed by atoms with E-state index in [0.29, 0.717) is 11.5 Å². The monoisotopic (exact) mass is 816 g/mol. The van der Waals surface area contributed by atoms with Gasteiger partial charge in [-0.25, -0.2) is 19.6 Å². The van der Waals surface area contributed by atoms with Crippen LogP contribution in [0.5, 0.6) is 0 Å². The number of ether oxygens (including phenoxy) is 2. The van der Waals surface area contributed by atoms with Crippen molar-refractivity contribution in [2.24, 2.45) is 11.8 Å². The normalized spacial score (nSPS) is 23.1. The highest BCUT2D eigenvalue weighted by Gasteiger charge is 2.55. The third-order valence-corrected chi connectivity index (χ3v) is 13.5. The van der Waals surface area contributed by atoms with Gasteiger partial charge in [0.25, 0.3) is 5.91 Å². The highest BCUT2D eigenvalue weighted by molar-refractivity contribution is 6.07. The van der Waals surface area contributed by atoms with Gasteiger partial charge in [-0.05, 0) is 95.7 Å². The van der Waals surface area contributed by atoms with Gasteiger partial charge in [0.1, 0.15) is 24.2 Å². The summed E-state index contributed by atoms with van der Waals surface area (Å²) in [5.41, 5.74) is 6.38. The van der Waals surface area contributed by atoms with Gasteiger partial charge in [0.05, 0.1) is 48.4 Å². The summed E-state index contributed by atoms with van der Waals surface area (Å²) < 4.78 is 9.58. The minimum atomic E-state index is -0.883. The van der Waals surface area contributed by atoms with Crippen LogP contribution in [-0.2, 0) is 19.1 Å². The maximum atomic E-state index is 14.4. The van der Waals surface area contributed by atoms with Crippen molar-refractivity contribution in [3.63, 3.8) is 0 Å². The molecular weight excluding hydrogens is 773 g/mol. The molecule has 2 saturated heterocycles. The summed E-state index contributed by atoms with van der Waals surface area (Å²) in [6.07, 6.45) is 3.37. The van der Waals surface area contributed by atoms with Crippen molar-refractivity contribution < 1.29 is 28.7 Å². The number of carbonyl (C=O) groups is 4. The Bertz CT molecular complexity index is 2930. The number of imidazole rings is 2. The van der Waals surface area contributed by atoms with E-state index in [2.05, 4.69) is 79.9 Å². The Morgan fingerprint density at radius 2 is 1.38 bits per heavy atom. The first-order valence-electron chi connectivity index (χ1n) is 21.0. The van der Waals surface area contributed by atoms with Crippen molar-refractivity contribution in [3.05, 3.63) is 108 Å². The minimum Gasteiger partial charge on any atom is -0.453 e. The zero-order valence-corrected chi connectivity index (χ0v) is 33.7. The number of methoxy groups -OCH3 is 2. The van der Waals surface area contributed by atoms with E-state index in [1.807, 2.05) is 46.2 Å². The van der Waals surface area contributed by atoms with Crippen molar-refractivity contribution in [1.82, 2.24) is 40.4 Å². The zero-order valence-electron chi connectivity index (χ0n) is 33.7. The Morgan fingerprint density at radius 1 is 0.721 bits per heavy atom. The molecule has 308 valence electrons. The smallest absolute Gasteiger partial charge is 0.407 e. The lowest BCUT2D eigenvalue weighted by Gasteiger charge is -2.36. The van der Waals surface area contributed by atoms with Gasteiger partial charge in [-0.1, -0.05) is 66.7 Å². The second-order valence-electron chi connectivity index (χ2n) is 16.9. The average molecular weight is 817 g/mol. The maximum absolute atomic E-state index is 14.4. The highest BCUT2D eigenvalue weighted by atomic mass is 16.5. The molecule has 0 radical (unpaired) electrons. The number of aromatic nitrogens is 4. The van der Waals surface area contributed by atoms with Crippen molar-refractivity contribution >= 4 is 67.6 Å². The fourth-order valence-electron chi connectivity index (χ4n) is 10.6. The topological polar surface area (TPSA) is 175 Å². The van der Waals surface area contributed by atoms with Crippen molar-refractivity contribution in [2.45, 2.75) is 62.3 Å². The summed E-state index contributed by atoms with van der Waals surface area (Å²) in [6, 6.07) is 29.5. The van der Waals surface area contributed by atoms with E-state index < -0.39 is 18.2 Å². The van der Waals surface area contributed by atoms with Crippen molar-refractivity contribution in [2.75, 3.05) is 20.8 Å². The number of hydrogen-bond acceptors (Lipinski definition) is 8. The highest BCUT2D eigenvalue weighted by Crippen LogP contribution is 2.53. The molecule has 2 saturated carbocycles. The number of rotatable bonds is 8. The second-order valence-corrected chi connectivity index (χ2v) is 16.9. The predicted octanol–water partition coefficient (Wildman–Crippen LogP) is 7.58. The number of amides is 4. The molecule has 4 aliphatic rings. The predicted molar refractivity (Wildman–Crippen MR) is 228 cm³/mol. The van der Waals surface area contributed by atoms with Crippen molar-refractivity contribution in [3.8, 4) is 11.1 Å². The van der Waals surface area contributed by atoms with Crippen LogP contribution >= 0.6 is 0 Å². The number of likely N-dealkylation sites (tertiary alicyclic amines) is 2. The number of hydrogen-bond donors (Lipinski definition) is 4. The molecule has 14 nitrogen and oxygen atoms in total. The molecule has 2 aromatic heterocycles. The van der Waals surface area contributed by atoms with Crippen LogP contribution < -0.4 is 10.6 Å². The molecule has 2 aliphatic heterocycles. The summed E-state index contributed by atoms with van der Waals surface area (Å²) in [4.78, 5) is 73.0. The van der Waals surface area contributed by atoms with E-state index in [1.165, 1.54) is 14.2 Å². The van der Waals surface area contributed by atoms with Crippen molar-refractivity contribution in [1.29, 1.82) is 0 Å². The molecule has 4 amide bonds. The molecule has 7 aromatic rings. The van der Waals surface area contributed by atoms with E-state index in [-0.39, 0.29) is 48.4 Å². The molecule has 7 atom stereocenters. The summed E-state index contributed by atoms with van der Waals surface area (Å²) in [6.45, 7) is -0.113. The quantitative estimate of drug-likeness (QED) is 0.121. The SMILES string of the molecule is COC(=O)NCC(=O)N1C2C[C@@H]2C[C@H]1c1nc2c(ccc3cc(-c4ccc5c(ccc6[nH]c([C@@H]7[C@H]8CC[C@H](C8)N7C(=O)[C@H](NC(=O)OC)c7ccccc7)nc65)c4)ccc32)[nH]1. The van der Waals surface area contributed by atoms with Crippen LogP contribution in [0.3, 0.4) is 0 Å². The standard InChI is InChI=1S/C47H44N8O6/c1-60-46(58)48-23-38(56)55-36-21-30(36)22-37(55)43-49-34-16-11-27-18-25(9-14-32(27)40(34)51-43)26-10-15-33-28(19-26)12-17-35-41(33)52-44(50-35)42-29-8-13-31(20-29)54(42)45(57)39(53-47(59)61-2)24-6-4-3-5-7-24/h3-7,9-12,14-19,29-31,36-37,39,42H,8,13,20-23H2,1-2H3,(H,48,58)(H,49,51)(H,50,52)(H,53,59)/t29-,30+,31+,36?,37-,39+,42-/m0/s1. The van der Waals surface area contributed by atoms with Crippen LogP contribution in [0, 0.1) is 11.8 Å². The molecule has 11 rings (SSSR count). The van der Waals surface area contributed by atoms with Gasteiger partial charge >= 0.3 is 12.2 Å². The number of fused-ring (bicyclic) bond motifs is 9. The molecule has 2 aliphatic carbocycles. The fourth-order valence-corrected chi connectivity index (χ4v) is 10.6. The molecule has 4 N–H and O–H groups in total. The Morgan fingerprint density at radius 3 is 2.05 bits per heavy atom. The molecule has 0 spiro atoms. The summed E-state index contributed by atoms with van der Waals surface area (Å²) in [5, 5.41) is 9.47. The largest absolute Gasteiger partial charge is 0.453 e. The third kappa shape index (κ3) is 6.22. The summed E-state index contributed by atoms with van der Waals surface area (Å²) in [5.74, 6) is 1.94. The van der Waals surface area contributed by atoms with Gasteiger partial charge in [0.15, 0.2) is 0 Å². The zero-order chi connectivity index (χ0) is 41.5. The van der Waals surface area contributed by atoms with Crippen LogP contribution in [-0.4, -0.2) is 86.6 Å². The molecule has 1 unspecified atom stereocenters. The van der Waals surface area contributed by atoms with Gasteiger partial charge in [-0.3, -0.25) is 9.59 Å². The first-order chi connectivity index (χ1) is 29.8. The van der Waals surface area contributed by atoms with Gasteiger partial charge in [-0.15, -0.1) is 0 Å². The lowest BCUT2D eigenvalue weighted by atomic mass is 9.96. The molecule has 61 heavy (non-hydrogen) atoms. The van der Waals surface area contributed by atoms with Crippen LogP contribution in [0.2, 0.25) is 0 Å². The Hall–Kier alpha value is -6.96. The molecule has 5 aromatic carbocycles. The number of nitrogens with zero attached hydrogens (tertiary/aromatic N) is 4. The minimum absolute atomic E-state index is 0.0655. The average Bonchev–Trinajstić information content (AvgIpc) is 3.89. The number of benzene rings is 5. The Labute approximate surface area is 350 Å². The fraction of sp³-hybridized carbons (Fsp3) is 0.319. The van der Waals surface area contributed by atoms with E-state index in [0.717, 1.165) is 98.5 Å². The maximum Gasteiger partial charge on any atom is 0.407 e. The van der Waals surface area contributed by atoms with Crippen LogP contribution in [0.1, 0.15) is 67.4 Å². The van der Waals surface area contributed by atoms with Gasteiger partial charge in [0.2, 0.25) is 5.91 Å². The molecule has 4 heterocycles. The van der Waals surface area contributed by atoms with E-state index in [1.54, 1.807) is 0 Å². The molecule has 4 fully saturated rings. The van der Waals surface area contributed by atoms with Crippen LogP contribution in [0.25, 0.3) is 54.7 Å². The third-order valence-electron chi connectivity index (χ3n) is 13.5. The van der Waals surface area contributed by atoms with E-state index in [4.69, 9.17) is 14.7 Å². The van der Waals surface area contributed by atoms with E-state index in [9.17, 15) is 19.2 Å². The first kappa shape index (κ1) is 37.1. The van der Waals surface area contributed by atoms with Crippen LogP contribution in [0.4, 0.5) is 9.59 Å².